The van der Waals surface area contributed by atoms with Gasteiger partial charge in [0.1, 0.15) is 5.75 Å². The van der Waals surface area contributed by atoms with Crippen LogP contribution < -0.4 is 10.1 Å². The Morgan fingerprint density at radius 3 is 2.83 bits per heavy atom. The second kappa shape index (κ2) is 7.18. The molecule has 2 aromatic carbocycles. The number of carbonyl (C=O) groups excluding carboxylic acids is 1. The summed E-state index contributed by atoms with van der Waals surface area (Å²) in [6.07, 6.45) is 2.02. The van der Waals surface area contributed by atoms with Gasteiger partial charge in [-0.1, -0.05) is 42.5 Å². The minimum atomic E-state index is -0.000766. The third kappa shape index (κ3) is 3.65. The van der Waals surface area contributed by atoms with Gasteiger partial charge >= 0.3 is 6.03 Å². The van der Waals surface area contributed by atoms with Gasteiger partial charge in [0.05, 0.1) is 13.2 Å². The zero-order valence-corrected chi connectivity index (χ0v) is 13.4. The topological polar surface area (TPSA) is 41.6 Å². The number of nitrogens with zero attached hydrogens (tertiary/aromatic N) is 1. The van der Waals surface area contributed by atoms with Gasteiger partial charge in [-0.2, -0.15) is 0 Å². The Morgan fingerprint density at radius 1 is 1.22 bits per heavy atom. The largest absolute Gasteiger partial charge is 0.497 e. The van der Waals surface area contributed by atoms with Crippen molar-refractivity contribution in [2.75, 3.05) is 13.7 Å². The molecule has 0 saturated carbocycles. The summed E-state index contributed by atoms with van der Waals surface area (Å²) in [7, 11) is 1.66. The summed E-state index contributed by atoms with van der Waals surface area (Å²) in [5, 5.41) is 3.02. The number of rotatable bonds is 4. The molecular weight excluding hydrogens is 288 g/mol. The molecular formula is C19H22N2O2. The molecule has 1 fully saturated rings. The van der Waals surface area contributed by atoms with E-state index < -0.39 is 0 Å². The molecule has 0 aliphatic carbocycles. The van der Waals surface area contributed by atoms with E-state index in [0.717, 1.165) is 36.3 Å². The molecule has 1 aliphatic heterocycles. The van der Waals surface area contributed by atoms with Crippen molar-refractivity contribution in [1.29, 1.82) is 0 Å². The van der Waals surface area contributed by atoms with Crippen LogP contribution in [-0.2, 0) is 6.54 Å². The van der Waals surface area contributed by atoms with Crippen LogP contribution in [0.25, 0.3) is 0 Å². The maximum atomic E-state index is 12.5. The van der Waals surface area contributed by atoms with Crippen molar-refractivity contribution >= 4 is 6.03 Å². The standard InChI is InChI=1S/C19H22N2O2/c1-23-17-10-5-9-16(13-17)18-11-6-12-21(18)19(22)20-14-15-7-3-2-4-8-15/h2-5,7-10,13,18H,6,11-12,14H2,1H3,(H,20,22). The normalized spacial score (nSPS) is 17.1. The number of likely N-dealkylation sites (tertiary alicyclic amines) is 1. The van der Waals surface area contributed by atoms with Crippen molar-refractivity contribution in [3.8, 4) is 5.75 Å². The Labute approximate surface area is 137 Å². The van der Waals surface area contributed by atoms with Crippen LogP contribution in [-0.4, -0.2) is 24.6 Å². The van der Waals surface area contributed by atoms with Crippen molar-refractivity contribution in [1.82, 2.24) is 10.2 Å². The summed E-state index contributed by atoms with van der Waals surface area (Å²) in [4.78, 5) is 14.5. The fourth-order valence-corrected chi connectivity index (χ4v) is 3.08. The first-order chi connectivity index (χ1) is 11.3. The van der Waals surface area contributed by atoms with E-state index in [-0.39, 0.29) is 12.1 Å². The third-order valence-electron chi connectivity index (χ3n) is 4.28. The lowest BCUT2D eigenvalue weighted by atomic mass is 10.0. The molecule has 1 heterocycles. The maximum Gasteiger partial charge on any atom is 0.318 e. The molecule has 1 N–H and O–H groups in total. The van der Waals surface area contributed by atoms with Gasteiger partial charge < -0.3 is 15.0 Å². The molecule has 1 saturated heterocycles. The van der Waals surface area contributed by atoms with Gasteiger partial charge in [0.25, 0.3) is 0 Å². The number of urea groups is 1. The summed E-state index contributed by atoms with van der Waals surface area (Å²) >= 11 is 0. The van der Waals surface area contributed by atoms with Crippen LogP contribution in [0.3, 0.4) is 0 Å². The highest BCUT2D eigenvalue weighted by Gasteiger charge is 2.29. The van der Waals surface area contributed by atoms with Crippen molar-refractivity contribution in [3.05, 3.63) is 65.7 Å². The van der Waals surface area contributed by atoms with Gasteiger partial charge in [-0.15, -0.1) is 0 Å². The van der Waals surface area contributed by atoms with Gasteiger partial charge in [0.2, 0.25) is 0 Å². The summed E-state index contributed by atoms with van der Waals surface area (Å²) in [6, 6.07) is 18.1. The summed E-state index contributed by atoms with van der Waals surface area (Å²) in [6.45, 7) is 1.35. The molecule has 0 radical (unpaired) electrons. The predicted molar refractivity (Wildman–Crippen MR) is 90.4 cm³/mol. The molecule has 23 heavy (non-hydrogen) atoms. The Bertz CT molecular complexity index is 657. The van der Waals surface area contributed by atoms with Gasteiger partial charge in [-0.3, -0.25) is 0 Å². The third-order valence-corrected chi connectivity index (χ3v) is 4.28. The van der Waals surface area contributed by atoms with E-state index in [4.69, 9.17) is 4.74 Å². The van der Waals surface area contributed by atoms with E-state index >= 15 is 0 Å². The number of hydrogen-bond acceptors (Lipinski definition) is 2. The number of benzene rings is 2. The number of ether oxygens (including phenoxy) is 1. The van der Waals surface area contributed by atoms with Crippen LogP contribution >= 0.6 is 0 Å². The number of nitrogens with one attached hydrogen (secondary N) is 1. The highest BCUT2D eigenvalue weighted by molar-refractivity contribution is 5.75. The Morgan fingerprint density at radius 2 is 2.04 bits per heavy atom. The van der Waals surface area contributed by atoms with Crippen LogP contribution in [0.15, 0.2) is 54.6 Å². The minimum Gasteiger partial charge on any atom is -0.497 e. The molecule has 1 unspecified atom stereocenters. The highest BCUT2D eigenvalue weighted by Crippen LogP contribution is 2.33. The molecule has 2 amide bonds. The monoisotopic (exact) mass is 310 g/mol. The van der Waals surface area contributed by atoms with Crippen LogP contribution in [0, 0.1) is 0 Å². The first kappa shape index (κ1) is 15.4. The maximum absolute atomic E-state index is 12.5. The minimum absolute atomic E-state index is 0.000766. The first-order valence-corrected chi connectivity index (χ1v) is 8.00. The first-order valence-electron chi connectivity index (χ1n) is 8.00. The second-order valence-corrected chi connectivity index (χ2v) is 5.77. The van der Waals surface area contributed by atoms with Crippen molar-refractivity contribution in [3.63, 3.8) is 0 Å². The van der Waals surface area contributed by atoms with Gasteiger partial charge in [0, 0.05) is 13.1 Å². The SMILES string of the molecule is COc1cccc(C2CCCN2C(=O)NCc2ccccc2)c1. The molecule has 2 aromatic rings. The van der Waals surface area contributed by atoms with Crippen LogP contribution in [0.1, 0.15) is 30.0 Å². The van der Waals surface area contributed by atoms with Gasteiger partial charge in [-0.25, -0.2) is 4.79 Å². The second-order valence-electron chi connectivity index (χ2n) is 5.77. The van der Waals surface area contributed by atoms with Crippen molar-refractivity contribution in [2.24, 2.45) is 0 Å². The quantitative estimate of drug-likeness (QED) is 0.934. The van der Waals surface area contributed by atoms with E-state index in [1.807, 2.05) is 53.4 Å². The zero-order chi connectivity index (χ0) is 16.1. The van der Waals surface area contributed by atoms with E-state index in [2.05, 4.69) is 11.4 Å². The van der Waals surface area contributed by atoms with Crippen LogP contribution in [0.4, 0.5) is 4.79 Å². The van der Waals surface area contributed by atoms with E-state index in [1.165, 1.54) is 0 Å². The van der Waals surface area contributed by atoms with Crippen LogP contribution in [0.2, 0.25) is 0 Å². The Balaban J connectivity index is 1.67. The number of carbonyl (C=O) groups is 1. The number of methoxy groups -OCH3 is 1. The van der Waals surface area contributed by atoms with E-state index in [9.17, 15) is 4.79 Å². The molecule has 0 spiro atoms. The van der Waals surface area contributed by atoms with Gasteiger partial charge in [0.15, 0.2) is 0 Å². The van der Waals surface area contributed by atoms with Gasteiger partial charge in [-0.05, 0) is 36.1 Å². The fourth-order valence-electron chi connectivity index (χ4n) is 3.08. The number of amides is 2. The summed E-state index contributed by atoms with van der Waals surface area (Å²) in [5.41, 5.74) is 2.25. The molecule has 120 valence electrons. The molecule has 1 atom stereocenters. The Hall–Kier alpha value is -2.49. The average Bonchev–Trinajstić information content (AvgIpc) is 3.10. The fraction of sp³-hybridized carbons (Fsp3) is 0.316. The van der Waals surface area contributed by atoms with Crippen molar-refractivity contribution < 1.29 is 9.53 Å². The average molecular weight is 310 g/mol. The molecule has 0 bridgehead atoms. The summed E-state index contributed by atoms with van der Waals surface area (Å²) < 4.78 is 5.30. The lowest BCUT2D eigenvalue weighted by Crippen LogP contribution is -2.39. The Kier molecular flexibility index (Phi) is 4.81. The highest BCUT2D eigenvalue weighted by atomic mass is 16.5. The molecule has 4 nitrogen and oxygen atoms in total. The summed E-state index contributed by atoms with van der Waals surface area (Å²) in [5.74, 6) is 0.832. The predicted octanol–water partition coefficient (Wildman–Crippen LogP) is 3.74. The lowest BCUT2D eigenvalue weighted by molar-refractivity contribution is 0.192. The molecule has 0 aromatic heterocycles. The van der Waals surface area contributed by atoms with Crippen molar-refractivity contribution in [2.45, 2.75) is 25.4 Å². The smallest absolute Gasteiger partial charge is 0.318 e. The zero-order valence-electron chi connectivity index (χ0n) is 13.4. The molecule has 4 heteroatoms. The van der Waals surface area contributed by atoms with Crippen LogP contribution in [0.5, 0.6) is 5.75 Å². The molecule has 3 rings (SSSR count). The number of hydrogen-bond donors (Lipinski definition) is 1. The lowest BCUT2D eigenvalue weighted by Gasteiger charge is -2.25. The molecule has 1 aliphatic rings. The van der Waals surface area contributed by atoms with E-state index in [0.29, 0.717) is 6.54 Å². The van der Waals surface area contributed by atoms with E-state index in [1.54, 1.807) is 7.11 Å².